The molecule has 5 aliphatic rings. The molecule has 5 rings (SSSR count). The average Bonchev–Trinajstić information content (AvgIpc) is 3.36. The van der Waals surface area contributed by atoms with Gasteiger partial charge in [-0.15, -0.1) is 0 Å². The Morgan fingerprint density at radius 3 is 2.21 bits per heavy atom. The molecule has 0 heterocycles. The van der Waals surface area contributed by atoms with E-state index >= 15 is 0 Å². The molecule has 5 saturated carbocycles. The first kappa shape index (κ1) is 24.8. The minimum absolute atomic E-state index is 0.142. The number of hydrogen-bond acceptors (Lipinski definition) is 2. The molecule has 5 unspecified atom stereocenters. The molecule has 0 aliphatic heterocycles. The summed E-state index contributed by atoms with van der Waals surface area (Å²) in [6.07, 6.45) is 12.1. The van der Waals surface area contributed by atoms with E-state index in [0.717, 1.165) is 37.0 Å². The Labute approximate surface area is 208 Å². The summed E-state index contributed by atoms with van der Waals surface area (Å²) in [6, 6.07) is 0. The molecule has 0 saturated heterocycles. The van der Waals surface area contributed by atoms with E-state index in [2.05, 4.69) is 41.2 Å². The van der Waals surface area contributed by atoms with Gasteiger partial charge < -0.3 is 10.2 Å². The Balaban J connectivity index is 1.41. The van der Waals surface area contributed by atoms with Crippen LogP contribution in [0, 0.1) is 56.7 Å². The summed E-state index contributed by atoms with van der Waals surface area (Å²) in [4.78, 5) is 12.5. The fourth-order valence-corrected chi connectivity index (χ4v) is 11.2. The Hall–Kier alpha value is -0.830. The molecular formula is C31H50O3. The monoisotopic (exact) mass is 470 g/mol. The third kappa shape index (κ3) is 2.83. The molecule has 34 heavy (non-hydrogen) atoms. The predicted octanol–water partition coefficient (Wildman–Crippen LogP) is 7.48. The fourth-order valence-electron chi connectivity index (χ4n) is 11.2. The highest BCUT2D eigenvalue weighted by molar-refractivity contribution is 5.76. The smallest absolute Gasteiger partial charge is 0.312 e. The standard InChI is InChI=1S/C31H50O3/c1-19(2)20(3)8-9-21(4)22-12-14-28(6)23-10-11-24-29(7,26(33)34)25(32)13-15-30(24)18-31(23,30)17-16-27(22,28)5/h19,21-25,32H,3,8-18H2,1-2,4-7H3,(H,33,34)/t21-,22?,23?,24?,25-,27-,28+,29-,30?,31?/m1/s1. The Morgan fingerprint density at radius 1 is 0.912 bits per heavy atom. The van der Waals surface area contributed by atoms with Crippen LogP contribution >= 0.6 is 0 Å². The number of carboxylic acids is 1. The van der Waals surface area contributed by atoms with Crippen LogP contribution in [0.5, 0.6) is 0 Å². The van der Waals surface area contributed by atoms with Crippen molar-refractivity contribution >= 4 is 5.97 Å². The Bertz CT molecular complexity index is 878. The van der Waals surface area contributed by atoms with Crippen molar-refractivity contribution in [1.29, 1.82) is 0 Å². The fraction of sp³-hybridized carbons (Fsp3) is 0.903. The van der Waals surface area contributed by atoms with Crippen LogP contribution in [0.1, 0.15) is 112 Å². The van der Waals surface area contributed by atoms with Gasteiger partial charge in [0.05, 0.1) is 11.5 Å². The van der Waals surface area contributed by atoms with Crippen LogP contribution in [0.15, 0.2) is 12.2 Å². The van der Waals surface area contributed by atoms with Crippen LogP contribution < -0.4 is 0 Å². The van der Waals surface area contributed by atoms with Crippen molar-refractivity contribution in [3.63, 3.8) is 0 Å². The van der Waals surface area contributed by atoms with Gasteiger partial charge in [-0.1, -0.05) is 46.8 Å². The number of fused-ring (bicyclic) bond motifs is 2. The minimum atomic E-state index is -0.972. The van der Waals surface area contributed by atoms with Crippen molar-refractivity contribution in [3.05, 3.63) is 12.2 Å². The Kier molecular flexibility index (Phi) is 5.55. The van der Waals surface area contributed by atoms with Crippen LogP contribution in [-0.4, -0.2) is 22.3 Å². The largest absolute Gasteiger partial charge is 0.481 e. The molecule has 192 valence electrons. The van der Waals surface area contributed by atoms with E-state index in [4.69, 9.17) is 0 Å². The molecule has 3 heteroatoms. The first-order chi connectivity index (χ1) is 15.8. The molecule has 5 aliphatic carbocycles. The second-order valence-corrected chi connectivity index (χ2v) is 14.6. The molecule has 10 atom stereocenters. The van der Waals surface area contributed by atoms with Gasteiger partial charge in [-0.2, -0.15) is 0 Å². The van der Waals surface area contributed by atoms with Gasteiger partial charge in [0, 0.05) is 0 Å². The van der Waals surface area contributed by atoms with E-state index in [9.17, 15) is 15.0 Å². The molecule has 0 amide bonds. The van der Waals surface area contributed by atoms with E-state index in [0.29, 0.717) is 28.6 Å². The molecule has 5 fully saturated rings. The van der Waals surface area contributed by atoms with E-state index in [1.807, 2.05) is 6.92 Å². The quantitative estimate of drug-likeness (QED) is 0.396. The van der Waals surface area contributed by atoms with E-state index in [-0.39, 0.29) is 11.3 Å². The highest BCUT2D eigenvalue weighted by atomic mass is 16.4. The SMILES string of the molecule is C=C(CC[C@@H](C)C1CC[C@@]2(C)C3CCC4C5(CC[C@@H](O)[C@]4(C)C(=O)O)CC35CC[C@]12C)C(C)C. The molecule has 0 radical (unpaired) electrons. The summed E-state index contributed by atoms with van der Waals surface area (Å²) in [5.41, 5.74) is 1.70. The van der Waals surface area contributed by atoms with E-state index in [1.54, 1.807) is 0 Å². The zero-order valence-electron chi connectivity index (χ0n) is 22.8. The van der Waals surface area contributed by atoms with Gasteiger partial charge in [0.2, 0.25) is 0 Å². The van der Waals surface area contributed by atoms with Crippen molar-refractivity contribution in [3.8, 4) is 0 Å². The van der Waals surface area contributed by atoms with Crippen molar-refractivity contribution in [1.82, 2.24) is 0 Å². The van der Waals surface area contributed by atoms with E-state index in [1.165, 1.54) is 50.5 Å². The highest BCUT2D eigenvalue weighted by Crippen LogP contribution is 2.89. The van der Waals surface area contributed by atoms with Crippen LogP contribution in [0.25, 0.3) is 0 Å². The van der Waals surface area contributed by atoms with Crippen molar-refractivity contribution in [2.75, 3.05) is 0 Å². The first-order valence-corrected chi connectivity index (χ1v) is 14.4. The van der Waals surface area contributed by atoms with Crippen LogP contribution in [0.3, 0.4) is 0 Å². The van der Waals surface area contributed by atoms with Crippen molar-refractivity contribution in [2.24, 2.45) is 56.7 Å². The zero-order chi connectivity index (χ0) is 24.9. The average molecular weight is 471 g/mol. The van der Waals surface area contributed by atoms with Gasteiger partial charge in [0.25, 0.3) is 0 Å². The molecule has 0 aromatic heterocycles. The summed E-state index contributed by atoms with van der Waals surface area (Å²) in [6.45, 7) is 18.5. The summed E-state index contributed by atoms with van der Waals surface area (Å²) in [7, 11) is 0. The summed E-state index contributed by atoms with van der Waals surface area (Å²) in [5.74, 6) is 2.21. The second-order valence-electron chi connectivity index (χ2n) is 14.6. The van der Waals surface area contributed by atoms with Crippen LogP contribution in [0.4, 0.5) is 0 Å². The summed E-state index contributed by atoms with van der Waals surface area (Å²) < 4.78 is 0. The van der Waals surface area contributed by atoms with Gasteiger partial charge >= 0.3 is 5.97 Å². The van der Waals surface area contributed by atoms with Crippen molar-refractivity contribution in [2.45, 2.75) is 118 Å². The number of hydrogen-bond donors (Lipinski definition) is 2. The highest BCUT2D eigenvalue weighted by Gasteiger charge is 2.83. The molecule has 2 N–H and O–H groups in total. The van der Waals surface area contributed by atoms with Gasteiger partial charge in [-0.05, 0) is 129 Å². The van der Waals surface area contributed by atoms with Gasteiger partial charge in [0.1, 0.15) is 0 Å². The number of carboxylic acid groups (broad SMARTS) is 1. The van der Waals surface area contributed by atoms with Crippen molar-refractivity contribution < 1.29 is 15.0 Å². The van der Waals surface area contributed by atoms with E-state index < -0.39 is 17.5 Å². The molecule has 2 spiro atoms. The summed E-state index contributed by atoms with van der Waals surface area (Å²) >= 11 is 0. The van der Waals surface area contributed by atoms with Gasteiger partial charge in [0.15, 0.2) is 0 Å². The Morgan fingerprint density at radius 2 is 1.56 bits per heavy atom. The predicted molar refractivity (Wildman–Crippen MR) is 137 cm³/mol. The number of aliphatic hydroxyl groups is 1. The topological polar surface area (TPSA) is 57.5 Å². The maximum atomic E-state index is 12.5. The first-order valence-electron chi connectivity index (χ1n) is 14.4. The third-order valence-electron chi connectivity index (χ3n) is 13.7. The zero-order valence-corrected chi connectivity index (χ0v) is 22.8. The molecule has 3 nitrogen and oxygen atoms in total. The minimum Gasteiger partial charge on any atom is -0.481 e. The van der Waals surface area contributed by atoms with Crippen LogP contribution in [-0.2, 0) is 4.79 Å². The lowest BCUT2D eigenvalue weighted by molar-refractivity contribution is -0.189. The summed E-state index contributed by atoms with van der Waals surface area (Å²) in [5, 5.41) is 21.1. The maximum Gasteiger partial charge on any atom is 0.312 e. The third-order valence-corrected chi connectivity index (χ3v) is 13.7. The van der Waals surface area contributed by atoms with Crippen LogP contribution in [0.2, 0.25) is 0 Å². The number of carbonyl (C=O) groups is 1. The molecule has 0 bridgehead atoms. The second kappa shape index (κ2) is 7.59. The lowest BCUT2D eigenvalue weighted by Gasteiger charge is -2.63. The van der Waals surface area contributed by atoms with Gasteiger partial charge in [-0.3, -0.25) is 4.79 Å². The number of allylic oxidation sites excluding steroid dienone is 1. The number of aliphatic carboxylic acids is 1. The number of aliphatic hydroxyl groups excluding tert-OH is 1. The lowest BCUT2D eigenvalue weighted by atomic mass is 9.41. The van der Waals surface area contributed by atoms with Gasteiger partial charge in [-0.25, -0.2) is 0 Å². The number of rotatable bonds is 6. The molecule has 0 aromatic rings. The maximum absolute atomic E-state index is 12.5. The molecular weight excluding hydrogens is 420 g/mol. The lowest BCUT2D eigenvalue weighted by Crippen LogP contribution is -2.59. The normalized spacial score (nSPS) is 52.2. The molecule has 0 aromatic carbocycles.